The summed E-state index contributed by atoms with van der Waals surface area (Å²) in [5.74, 6) is -0.459. The highest BCUT2D eigenvalue weighted by molar-refractivity contribution is 5.87. The van der Waals surface area contributed by atoms with Gasteiger partial charge in [-0.25, -0.2) is 4.39 Å². The van der Waals surface area contributed by atoms with Crippen molar-refractivity contribution in [2.24, 2.45) is 0 Å². The van der Waals surface area contributed by atoms with Crippen LogP contribution in [0.3, 0.4) is 0 Å². The molecule has 0 bridgehead atoms. The van der Waals surface area contributed by atoms with Gasteiger partial charge in [0.1, 0.15) is 5.82 Å². The van der Waals surface area contributed by atoms with Crippen LogP contribution in [0.5, 0.6) is 0 Å². The first-order valence-corrected chi connectivity index (χ1v) is 6.75. The Kier molecular flexibility index (Phi) is 4.40. The lowest BCUT2D eigenvalue weighted by Crippen LogP contribution is -2.50. The van der Waals surface area contributed by atoms with Gasteiger partial charge in [-0.3, -0.25) is 4.79 Å². The topological polar surface area (TPSA) is 50.4 Å². The molecule has 1 fully saturated rings. The molecule has 5 heteroatoms. The Bertz CT molecular complexity index is 491. The Hall–Kier alpha value is -1.46. The number of benzene rings is 1. The molecule has 1 aromatic rings. The average molecular weight is 280 g/mol. The maximum atomic E-state index is 13.3. The molecule has 0 radical (unpaired) electrons. The monoisotopic (exact) mass is 280 g/mol. The molecule has 1 heterocycles. The standard InChI is InChI=1S/C15H21FN2O2/c1-15(2,10-5-4-6-11(16)7-10)14(19)18-12-8-17-9-13(12)20-3/h4-7,12-13,17H,8-9H2,1-3H3,(H,18,19). The van der Waals surface area contributed by atoms with Crippen molar-refractivity contribution >= 4 is 5.91 Å². The Morgan fingerprint density at radius 3 is 2.85 bits per heavy atom. The molecule has 1 saturated heterocycles. The highest BCUT2D eigenvalue weighted by Gasteiger charge is 2.35. The summed E-state index contributed by atoms with van der Waals surface area (Å²) in [6.45, 7) is 4.99. The molecular formula is C15H21FN2O2. The summed E-state index contributed by atoms with van der Waals surface area (Å²) < 4.78 is 18.6. The van der Waals surface area contributed by atoms with Gasteiger partial charge in [0.25, 0.3) is 0 Å². The molecule has 4 nitrogen and oxygen atoms in total. The third kappa shape index (κ3) is 2.99. The van der Waals surface area contributed by atoms with Gasteiger partial charge in [0, 0.05) is 20.2 Å². The zero-order valence-corrected chi connectivity index (χ0v) is 12.1. The van der Waals surface area contributed by atoms with Gasteiger partial charge in [0.05, 0.1) is 17.6 Å². The number of carbonyl (C=O) groups excluding carboxylic acids is 1. The number of hydrogen-bond acceptors (Lipinski definition) is 3. The lowest BCUT2D eigenvalue weighted by atomic mass is 9.83. The van der Waals surface area contributed by atoms with Gasteiger partial charge in [-0.15, -0.1) is 0 Å². The first-order valence-electron chi connectivity index (χ1n) is 6.75. The van der Waals surface area contributed by atoms with Gasteiger partial charge >= 0.3 is 0 Å². The van der Waals surface area contributed by atoms with E-state index in [1.54, 1.807) is 33.1 Å². The van der Waals surface area contributed by atoms with Crippen molar-refractivity contribution in [3.05, 3.63) is 35.6 Å². The van der Waals surface area contributed by atoms with E-state index in [-0.39, 0.29) is 23.9 Å². The van der Waals surface area contributed by atoms with Crippen molar-refractivity contribution in [3.63, 3.8) is 0 Å². The molecule has 2 N–H and O–H groups in total. The van der Waals surface area contributed by atoms with Crippen molar-refractivity contribution in [2.75, 3.05) is 20.2 Å². The molecule has 0 spiro atoms. The molecule has 1 amide bonds. The molecule has 0 aliphatic carbocycles. The largest absolute Gasteiger partial charge is 0.378 e. The third-order valence-corrected chi connectivity index (χ3v) is 3.89. The molecule has 2 rings (SSSR count). The summed E-state index contributed by atoms with van der Waals surface area (Å²) in [6.07, 6.45) is -0.0257. The van der Waals surface area contributed by atoms with E-state index in [0.717, 1.165) is 6.54 Å². The van der Waals surface area contributed by atoms with Crippen LogP contribution in [0.2, 0.25) is 0 Å². The maximum absolute atomic E-state index is 13.3. The summed E-state index contributed by atoms with van der Waals surface area (Å²) in [6, 6.07) is 6.11. The summed E-state index contributed by atoms with van der Waals surface area (Å²) in [5.41, 5.74) is -0.127. The number of hydrogen-bond donors (Lipinski definition) is 2. The van der Waals surface area contributed by atoms with Crippen LogP contribution in [0.4, 0.5) is 4.39 Å². The third-order valence-electron chi connectivity index (χ3n) is 3.89. The van der Waals surface area contributed by atoms with Gasteiger partial charge < -0.3 is 15.4 Å². The fraction of sp³-hybridized carbons (Fsp3) is 0.533. The van der Waals surface area contributed by atoms with Crippen LogP contribution in [-0.2, 0) is 14.9 Å². The molecule has 110 valence electrons. The smallest absolute Gasteiger partial charge is 0.230 e. The van der Waals surface area contributed by atoms with E-state index in [0.29, 0.717) is 12.1 Å². The second-order valence-electron chi connectivity index (χ2n) is 5.65. The van der Waals surface area contributed by atoms with Crippen molar-refractivity contribution in [1.29, 1.82) is 0 Å². The fourth-order valence-electron chi connectivity index (χ4n) is 2.40. The van der Waals surface area contributed by atoms with Crippen LogP contribution in [0.25, 0.3) is 0 Å². The van der Waals surface area contributed by atoms with Crippen molar-refractivity contribution in [3.8, 4) is 0 Å². The van der Waals surface area contributed by atoms with Crippen LogP contribution in [0, 0.1) is 5.82 Å². The molecule has 1 aliphatic rings. The molecule has 0 aromatic heterocycles. The van der Waals surface area contributed by atoms with Gasteiger partial charge in [0.15, 0.2) is 0 Å². The number of rotatable bonds is 4. The van der Waals surface area contributed by atoms with Crippen molar-refractivity contribution in [2.45, 2.75) is 31.4 Å². The molecule has 1 aliphatic heterocycles. The van der Waals surface area contributed by atoms with E-state index < -0.39 is 5.41 Å². The average Bonchev–Trinajstić information content (AvgIpc) is 2.86. The minimum atomic E-state index is -0.789. The number of ether oxygens (including phenoxy) is 1. The first-order chi connectivity index (χ1) is 9.45. The predicted molar refractivity (Wildman–Crippen MR) is 75.0 cm³/mol. The summed E-state index contributed by atoms with van der Waals surface area (Å²) >= 11 is 0. The first kappa shape index (κ1) is 14.9. The zero-order valence-electron chi connectivity index (χ0n) is 12.1. The van der Waals surface area contributed by atoms with Crippen LogP contribution in [0.1, 0.15) is 19.4 Å². The molecule has 0 saturated carbocycles. The molecule has 20 heavy (non-hydrogen) atoms. The zero-order chi connectivity index (χ0) is 14.8. The van der Waals surface area contributed by atoms with E-state index in [9.17, 15) is 9.18 Å². The predicted octanol–water partition coefficient (Wildman–Crippen LogP) is 1.21. The molecular weight excluding hydrogens is 259 g/mol. The van der Waals surface area contributed by atoms with Gasteiger partial charge in [-0.05, 0) is 31.5 Å². The van der Waals surface area contributed by atoms with Gasteiger partial charge in [0.2, 0.25) is 5.91 Å². The lowest BCUT2D eigenvalue weighted by Gasteiger charge is -2.28. The second kappa shape index (κ2) is 5.89. The van der Waals surface area contributed by atoms with Gasteiger partial charge in [-0.1, -0.05) is 12.1 Å². The summed E-state index contributed by atoms with van der Waals surface area (Å²) in [5, 5.41) is 6.17. The number of amides is 1. The van der Waals surface area contributed by atoms with E-state index in [1.165, 1.54) is 12.1 Å². The fourth-order valence-corrected chi connectivity index (χ4v) is 2.40. The highest BCUT2D eigenvalue weighted by atomic mass is 19.1. The highest BCUT2D eigenvalue weighted by Crippen LogP contribution is 2.24. The van der Waals surface area contributed by atoms with Crippen LogP contribution < -0.4 is 10.6 Å². The Morgan fingerprint density at radius 2 is 2.20 bits per heavy atom. The second-order valence-corrected chi connectivity index (χ2v) is 5.65. The minimum Gasteiger partial charge on any atom is -0.378 e. The van der Waals surface area contributed by atoms with Crippen molar-refractivity contribution < 1.29 is 13.9 Å². The number of methoxy groups -OCH3 is 1. The number of halogens is 1. The maximum Gasteiger partial charge on any atom is 0.230 e. The number of carbonyl (C=O) groups is 1. The Balaban J connectivity index is 2.11. The molecule has 2 unspecified atom stereocenters. The molecule has 2 atom stereocenters. The molecule has 1 aromatic carbocycles. The van der Waals surface area contributed by atoms with Crippen LogP contribution >= 0.6 is 0 Å². The van der Waals surface area contributed by atoms with Crippen molar-refractivity contribution in [1.82, 2.24) is 10.6 Å². The summed E-state index contributed by atoms with van der Waals surface area (Å²) in [7, 11) is 1.63. The van der Waals surface area contributed by atoms with Gasteiger partial charge in [-0.2, -0.15) is 0 Å². The van der Waals surface area contributed by atoms with Crippen LogP contribution in [-0.4, -0.2) is 38.3 Å². The lowest BCUT2D eigenvalue weighted by molar-refractivity contribution is -0.127. The van der Waals surface area contributed by atoms with E-state index in [4.69, 9.17) is 4.74 Å². The quantitative estimate of drug-likeness (QED) is 0.871. The SMILES string of the molecule is COC1CNCC1NC(=O)C(C)(C)c1cccc(F)c1. The Labute approximate surface area is 118 Å². The van der Waals surface area contributed by atoms with E-state index in [2.05, 4.69) is 10.6 Å². The summed E-state index contributed by atoms with van der Waals surface area (Å²) in [4.78, 5) is 12.5. The van der Waals surface area contributed by atoms with E-state index >= 15 is 0 Å². The minimum absolute atomic E-state index is 0.0257. The van der Waals surface area contributed by atoms with Crippen LogP contribution in [0.15, 0.2) is 24.3 Å². The van der Waals surface area contributed by atoms with E-state index in [1.807, 2.05) is 0 Å². The normalized spacial score (nSPS) is 22.8. The number of nitrogens with one attached hydrogen (secondary N) is 2. The Morgan fingerprint density at radius 1 is 1.45 bits per heavy atom.